The second-order valence-electron chi connectivity index (χ2n) is 3.98. The van der Waals surface area contributed by atoms with E-state index in [2.05, 4.69) is 5.32 Å². The van der Waals surface area contributed by atoms with E-state index in [1.54, 1.807) is 0 Å². The molecule has 1 saturated heterocycles. The van der Waals surface area contributed by atoms with Gasteiger partial charge in [0.25, 0.3) is 0 Å². The molecule has 0 aromatic heterocycles. The lowest BCUT2D eigenvalue weighted by atomic mass is 9.89. The third-order valence-corrected chi connectivity index (χ3v) is 2.91. The zero-order valence-corrected chi connectivity index (χ0v) is 8.43. The predicted octanol–water partition coefficient (Wildman–Crippen LogP) is -4.92. The van der Waals surface area contributed by atoms with E-state index in [1.165, 1.54) is 0 Å². The molecular formula is C8H17NO7. The molecule has 0 saturated carbocycles. The Balaban J connectivity index is 3.05. The summed E-state index contributed by atoms with van der Waals surface area (Å²) in [6.07, 6.45) is -8.79. The smallest absolute Gasteiger partial charge is 0.134 e. The number of nitrogens with one attached hydrogen (secondary N) is 1. The van der Waals surface area contributed by atoms with Crippen LogP contribution in [0.15, 0.2) is 0 Å². The van der Waals surface area contributed by atoms with Crippen molar-refractivity contribution in [2.24, 2.45) is 0 Å². The van der Waals surface area contributed by atoms with Crippen molar-refractivity contribution in [1.82, 2.24) is 5.32 Å². The van der Waals surface area contributed by atoms with E-state index in [1.807, 2.05) is 0 Å². The molecule has 8 heteroatoms. The van der Waals surface area contributed by atoms with Crippen molar-refractivity contribution >= 4 is 0 Å². The first-order valence-corrected chi connectivity index (χ1v) is 4.79. The molecule has 8 N–H and O–H groups in total. The molecule has 5 atom stereocenters. The van der Waals surface area contributed by atoms with E-state index in [4.69, 9.17) is 10.2 Å². The number of hydrogen-bond acceptors (Lipinski definition) is 8. The first kappa shape index (κ1) is 13.7. The van der Waals surface area contributed by atoms with Gasteiger partial charge in [-0.15, -0.1) is 0 Å². The molecule has 1 aliphatic rings. The highest BCUT2D eigenvalue weighted by atomic mass is 16.4. The van der Waals surface area contributed by atoms with Crippen molar-refractivity contribution in [1.29, 1.82) is 0 Å². The quantitative estimate of drug-likeness (QED) is 0.238. The van der Waals surface area contributed by atoms with Gasteiger partial charge in [0.1, 0.15) is 30.6 Å². The Morgan fingerprint density at radius 2 is 1.31 bits per heavy atom. The summed E-state index contributed by atoms with van der Waals surface area (Å²) < 4.78 is 0. The molecule has 1 heterocycles. The van der Waals surface area contributed by atoms with Gasteiger partial charge in [0, 0.05) is 0 Å². The van der Waals surface area contributed by atoms with Gasteiger partial charge in [0.2, 0.25) is 0 Å². The third kappa shape index (κ3) is 2.06. The van der Waals surface area contributed by atoms with Gasteiger partial charge in [-0.25, -0.2) is 0 Å². The molecule has 16 heavy (non-hydrogen) atoms. The van der Waals surface area contributed by atoms with Gasteiger partial charge in [-0.2, -0.15) is 0 Å². The monoisotopic (exact) mass is 239 g/mol. The Kier molecular flexibility index (Phi) is 4.21. The Hall–Kier alpha value is -0.320. The molecule has 0 aliphatic carbocycles. The number of aliphatic hydroxyl groups is 7. The molecule has 0 radical (unpaired) electrons. The molecule has 0 aromatic rings. The number of hydrogen-bond donors (Lipinski definition) is 8. The minimum absolute atomic E-state index is 0.793. The zero-order valence-electron chi connectivity index (χ0n) is 8.43. The molecule has 0 amide bonds. The molecule has 0 aromatic carbocycles. The highest BCUT2D eigenvalue weighted by molar-refractivity contribution is 5.05. The summed E-state index contributed by atoms with van der Waals surface area (Å²) in [6, 6.07) is 0. The third-order valence-electron chi connectivity index (χ3n) is 2.91. The SMILES string of the molecule is OCC1(CO)N[C@@H](O)[C@H](O)[C@@H](O)[C@H](O)[C@@H]1O. The topological polar surface area (TPSA) is 154 Å². The minimum Gasteiger partial charge on any atom is -0.394 e. The van der Waals surface area contributed by atoms with Crippen LogP contribution in [0, 0.1) is 0 Å². The second-order valence-corrected chi connectivity index (χ2v) is 3.98. The van der Waals surface area contributed by atoms with Gasteiger partial charge in [0.15, 0.2) is 0 Å². The fourth-order valence-corrected chi connectivity index (χ4v) is 1.70. The summed E-state index contributed by atoms with van der Waals surface area (Å²) >= 11 is 0. The number of aliphatic hydroxyl groups excluding tert-OH is 7. The Morgan fingerprint density at radius 3 is 1.75 bits per heavy atom. The van der Waals surface area contributed by atoms with Crippen molar-refractivity contribution in [2.45, 2.75) is 36.2 Å². The van der Waals surface area contributed by atoms with Crippen LogP contribution < -0.4 is 5.32 Å². The summed E-state index contributed by atoms with van der Waals surface area (Å²) in [5.41, 5.74) is -1.79. The molecule has 1 fully saturated rings. The first-order chi connectivity index (χ1) is 7.39. The van der Waals surface area contributed by atoms with E-state index >= 15 is 0 Å². The molecule has 8 nitrogen and oxygen atoms in total. The molecule has 1 rings (SSSR count). The van der Waals surface area contributed by atoms with Crippen molar-refractivity contribution in [3.8, 4) is 0 Å². The molecule has 96 valence electrons. The maximum absolute atomic E-state index is 9.66. The van der Waals surface area contributed by atoms with E-state index in [9.17, 15) is 25.5 Å². The maximum Gasteiger partial charge on any atom is 0.134 e. The van der Waals surface area contributed by atoms with Crippen molar-refractivity contribution in [3.05, 3.63) is 0 Å². The van der Waals surface area contributed by atoms with Crippen LogP contribution in [0.4, 0.5) is 0 Å². The zero-order chi connectivity index (χ0) is 12.5. The summed E-state index contributed by atoms with van der Waals surface area (Å²) in [5.74, 6) is 0. The van der Waals surface area contributed by atoms with Crippen LogP contribution in [-0.4, -0.2) is 85.1 Å². The van der Waals surface area contributed by atoms with Crippen LogP contribution in [-0.2, 0) is 0 Å². The van der Waals surface area contributed by atoms with Crippen LogP contribution in [0.25, 0.3) is 0 Å². The average Bonchev–Trinajstić information content (AvgIpc) is 2.36. The Labute approximate surface area is 91.4 Å². The summed E-state index contributed by atoms with van der Waals surface area (Å²) in [5, 5.41) is 67.6. The van der Waals surface area contributed by atoms with E-state index in [-0.39, 0.29) is 0 Å². The first-order valence-electron chi connectivity index (χ1n) is 4.79. The van der Waals surface area contributed by atoms with Gasteiger partial charge in [-0.3, -0.25) is 5.32 Å². The molecular weight excluding hydrogens is 222 g/mol. The van der Waals surface area contributed by atoms with Crippen LogP contribution in [0.1, 0.15) is 0 Å². The van der Waals surface area contributed by atoms with Gasteiger partial charge in [-0.1, -0.05) is 0 Å². The van der Waals surface area contributed by atoms with Crippen LogP contribution in [0.2, 0.25) is 0 Å². The molecule has 1 aliphatic heterocycles. The standard InChI is InChI=1S/C8H17NO7/c10-1-8(2-11)6(15)4(13)3(12)5(14)7(16)9-8/h3-7,9-16H,1-2H2/t3-,4-,5+,6-,7-/m0/s1. The summed E-state index contributed by atoms with van der Waals surface area (Å²) in [7, 11) is 0. The van der Waals surface area contributed by atoms with Crippen LogP contribution in [0.3, 0.4) is 0 Å². The lowest BCUT2D eigenvalue weighted by Crippen LogP contribution is -2.64. The van der Waals surface area contributed by atoms with Crippen molar-refractivity contribution in [2.75, 3.05) is 13.2 Å². The second kappa shape index (κ2) is 4.90. The lowest BCUT2D eigenvalue weighted by Gasteiger charge is -2.36. The highest BCUT2D eigenvalue weighted by Gasteiger charge is 2.50. The van der Waals surface area contributed by atoms with E-state index in [0.717, 1.165) is 0 Å². The van der Waals surface area contributed by atoms with Gasteiger partial charge in [-0.05, 0) is 0 Å². The lowest BCUT2D eigenvalue weighted by molar-refractivity contribution is -0.125. The van der Waals surface area contributed by atoms with E-state index < -0.39 is 49.4 Å². The molecule has 0 spiro atoms. The summed E-state index contributed by atoms with van der Waals surface area (Å²) in [4.78, 5) is 0. The van der Waals surface area contributed by atoms with Crippen molar-refractivity contribution in [3.63, 3.8) is 0 Å². The Bertz CT molecular complexity index is 234. The maximum atomic E-state index is 9.66. The predicted molar refractivity (Wildman–Crippen MR) is 50.1 cm³/mol. The van der Waals surface area contributed by atoms with Crippen LogP contribution in [0.5, 0.6) is 0 Å². The normalized spacial score (nSPS) is 44.1. The molecule has 0 bridgehead atoms. The van der Waals surface area contributed by atoms with Crippen molar-refractivity contribution < 1.29 is 35.7 Å². The fraction of sp³-hybridized carbons (Fsp3) is 1.00. The van der Waals surface area contributed by atoms with E-state index in [0.29, 0.717) is 0 Å². The number of rotatable bonds is 2. The van der Waals surface area contributed by atoms with Gasteiger partial charge >= 0.3 is 0 Å². The summed E-state index contributed by atoms with van der Waals surface area (Å²) in [6.45, 7) is -1.59. The largest absolute Gasteiger partial charge is 0.394 e. The van der Waals surface area contributed by atoms with Crippen LogP contribution >= 0.6 is 0 Å². The fourth-order valence-electron chi connectivity index (χ4n) is 1.70. The molecule has 0 unspecified atom stereocenters. The minimum atomic E-state index is -1.81. The average molecular weight is 239 g/mol. The van der Waals surface area contributed by atoms with Gasteiger partial charge < -0.3 is 35.7 Å². The highest BCUT2D eigenvalue weighted by Crippen LogP contribution is 2.22. The Morgan fingerprint density at radius 1 is 0.812 bits per heavy atom. The van der Waals surface area contributed by atoms with Gasteiger partial charge in [0.05, 0.1) is 18.8 Å².